The number of rotatable bonds is 6. The van der Waals surface area contributed by atoms with Crippen LogP contribution in [0.3, 0.4) is 0 Å². The fraction of sp³-hybridized carbons (Fsp3) is 0.562. The summed E-state index contributed by atoms with van der Waals surface area (Å²) in [7, 11) is 2.04. The van der Waals surface area contributed by atoms with E-state index in [4.69, 9.17) is 4.74 Å². The van der Waals surface area contributed by atoms with Gasteiger partial charge in [-0.2, -0.15) is 0 Å². The van der Waals surface area contributed by atoms with Crippen molar-refractivity contribution in [3.05, 3.63) is 29.3 Å². The lowest BCUT2D eigenvalue weighted by atomic mass is 10.3. The molecule has 3 rings (SSSR count). The Hall–Kier alpha value is -1.05. The minimum Gasteiger partial charge on any atom is -0.390 e. The summed E-state index contributed by atoms with van der Waals surface area (Å²) in [6, 6.07) is 8.20. The van der Waals surface area contributed by atoms with Gasteiger partial charge in [0.25, 0.3) is 0 Å². The molecule has 120 valence electrons. The quantitative estimate of drug-likeness (QED) is 0.872. The number of thiazole rings is 1. The number of hydrogen-bond acceptors (Lipinski definition) is 6. The summed E-state index contributed by atoms with van der Waals surface area (Å²) in [5.74, 6) is 0. The fourth-order valence-electron chi connectivity index (χ4n) is 2.78. The molecule has 0 aliphatic carbocycles. The number of para-hydroxylation sites is 1. The largest absolute Gasteiger partial charge is 0.390 e. The standard InChI is InChI=1S/C16H23N3O2S/c1-18(10-13(20)11-19-6-8-21-9-7-19)12-16-17-14-4-2-3-5-15(14)22-16/h2-5,13,20H,6-12H2,1H3/t13-/m0/s1. The number of β-amino-alcohol motifs (C(OH)–C–C–N with tert-alkyl or cyclic N) is 1. The van der Waals surface area contributed by atoms with E-state index in [-0.39, 0.29) is 6.10 Å². The first kappa shape index (κ1) is 15.8. The summed E-state index contributed by atoms with van der Waals surface area (Å²) in [6.07, 6.45) is -0.336. The lowest BCUT2D eigenvalue weighted by molar-refractivity contribution is 0.00825. The summed E-state index contributed by atoms with van der Waals surface area (Å²) in [6.45, 7) is 5.53. The Balaban J connectivity index is 1.49. The van der Waals surface area contributed by atoms with Gasteiger partial charge in [0.1, 0.15) is 5.01 Å². The Morgan fingerprint density at radius 2 is 2.14 bits per heavy atom. The summed E-state index contributed by atoms with van der Waals surface area (Å²) in [5, 5.41) is 11.3. The summed E-state index contributed by atoms with van der Waals surface area (Å²) >= 11 is 1.73. The van der Waals surface area contributed by atoms with Crippen LogP contribution in [-0.2, 0) is 11.3 Å². The maximum absolute atomic E-state index is 10.2. The molecule has 1 N–H and O–H groups in total. The molecule has 2 aromatic rings. The monoisotopic (exact) mass is 321 g/mol. The number of benzene rings is 1. The number of ether oxygens (including phenoxy) is 1. The van der Waals surface area contributed by atoms with Crippen molar-refractivity contribution in [2.75, 3.05) is 46.4 Å². The molecule has 0 bridgehead atoms. The van der Waals surface area contributed by atoms with Crippen LogP contribution in [0.5, 0.6) is 0 Å². The van der Waals surface area contributed by atoms with Crippen LogP contribution >= 0.6 is 11.3 Å². The molecule has 6 heteroatoms. The maximum Gasteiger partial charge on any atom is 0.108 e. The van der Waals surface area contributed by atoms with Gasteiger partial charge in [-0.25, -0.2) is 4.98 Å². The topological polar surface area (TPSA) is 48.8 Å². The maximum atomic E-state index is 10.2. The van der Waals surface area contributed by atoms with E-state index >= 15 is 0 Å². The van der Waals surface area contributed by atoms with E-state index in [2.05, 4.69) is 20.9 Å². The molecule has 1 aromatic heterocycles. The molecule has 2 heterocycles. The van der Waals surface area contributed by atoms with Gasteiger partial charge in [0.2, 0.25) is 0 Å². The highest BCUT2D eigenvalue weighted by atomic mass is 32.1. The van der Waals surface area contributed by atoms with Crippen molar-refractivity contribution < 1.29 is 9.84 Å². The van der Waals surface area contributed by atoms with Gasteiger partial charge in [-0.15, -0.1) is 11.3 Å². The number of hydrogen-bond donors (Lipinski definition) is 1. The van der Waals surface area contributed by atoms with Gasteiger partial charge >= 0.3 is 0 Å². The third kappa shape index (κ3) is 4.24. The van der Waals surface area contributed by atoms with E-state index in [9.17, 15) is 5.11 Å². The van der Waals surface area contributed by atoms with Crippen molar-refractivity contribution in [1.82, 2.24) is 14.8 Å². The zero-order valence-electron chi connectivity index (χ0n) is 12.9. The van der Waals surface area contributed by atoms with Crippen LogP contribution < -0.4 is 0 Å². The Morgan fingerprint density at radius 1 is 1.36 bits per heavy atom. The second-order valence-corrected chi connectivity index (χ2v) is 6.95. The first-order chi connectivity index (χ1) is 10.7. The molecule has 1 atom stereocenters. The average molecular weight is 321 g/mol. The van der Waals surface area contributed by atoms with Crippen LogP contribution in [-0.4, -0.2) is 72.4 Å². The Bertz CT molecular complexity index is 565. The number of fused-ring (bicyclic) bond motifs is 1. The van der Waals surface area contributed by atoms with Crippen molar-refractivity contribution >= 4 is 21.6 Å². The van der Waals surface area contributed by atoms with Gasteiger partial charge in [-0.1, -0.05) is 12.1 Å². The summed E-state index contributed by atoms with van der Waals surface area (Å²) in [4.78, 5) is 9.05. The van der Waals surface area contributed by atoms with E-state index in [1.54, 1.807) is 11.3 Å². The minimum atomic E-state index is -0.336. The molecule has 5 nitrogen and oxygen atoms in total. The zero-order valence-corrected chi connectivity index (χ0v) is 13.8. The number of morpholine rings is 1. The van der Waals surface area contributed by atoms with Crippen LogP contribution in [0.2, 0.25) is 0 Å². The highest BCUT2D eigenvalue weighted by Gasteiger charge is 2.16. The van der Waals surface area contributed by atoms with Crippen LogP contribution in [0.25, 0.3) is 10.2 Å². The van der Waals surface area contributed by atoms with E-state index in [0.29, 0.717) is 13.1 Å². The lowest BCUT2D eigenvalue weighted by Crippen LogP contribution is -2.43. The first-order valence-corrected chi connectivity index (χ1v) is 8.53. The van der Waals surface area contributed by atoms with Gasteiger partial charge in [-0.05, 0) is 19.2 Å². The second kappa shape index (κ2) is 7.48. The van der Waals surface area contributed by atoms with Crippen LogP contribution in [0, 0.1) is 0 Å². The van der Waals surface area contributed by atoms with Gasteiger partial charge in [0.15, 0.2) is 0 Å². The summed E-state index contributed by atoms with van der Waals surface area (Å²) < 4.78 is 6.55. The molecule has 22 heavy (non-hydrogen) atoms. The van der Waals surface area contributed by atoms with Crippen molar-refractivity contribution in [2.45, 2.75) is 12.6 Å². The van der Waals surface area contributed by atoms with Gasteiger partial charge < -0.3 is 9.84 Å². The molecule has 1 aromatic carbocycles. The number of aliphatic hydroxyl groups is 1. The van der Waals surface area contributed by atoms with Gasteiger partial charge in [0, 0.05) is 26.2 Å². The van der Waals surface area contributed by atoms with Gasteiger partial charge in [0.05, 0.1) is 36.1 Å². The Morgan fingerprint density at radius 3 is 2.91 bits per heavy atom. The molecule has 0 amide bonds. The highest BCUT2D eigenvalue weighted by Crippen LogP contribution is 2.22. The SMILES string of the molecule is CN(Cc1nc2ccccc2s1)C[C@H](O)CN1CCOCC1. The molecule has 0 spiro atoms. The van der Waals surface area contributed by atoms with Crippen molar-refractivity contribution in [3.63, 3.8) is 0 Å². The second-order valence-electron chi connectivity index (χ2n) is 5.84. The molecule has 1 aliphatic rings. The molecule has 0 unspecified atom stereocenters. The molecule has 1 fully saturated rings. The minimum absolute atomic E-state index is 0.336. The average Bonchev–Trinajstić information content (AvgIpc) is 2.89. The molecular weight excluding hydrogens is 298 g/mol. The first-order valence-electron chi connectivity index (χ1n) is 7.72. The lowest BCUT2D eigenvalue weighted by Gasteiger charge is -2.29. The van der Waals surface area contributed by atoms with Crippen LogP contribution in [0.4, 0.5) is 0 Å². The molecule has 0 saturated carbocycles. The third-order valence-electron chi connectivity index (χ3n) is 3.84. The number of nitrogens with zero attached hydrogens (tertiary/aromatic N) is 3. The fourth-order valence-corrected chi connectivity index (χ4v) is 3.83. The molecule has 0 radical (unpaired) electrons. The Labute approximate surface area is 135 Å². The highest BCUT2D eigenvalue weighted by molar-refractivity contribution is 7.18. The molecule has 1 saturated heterocycles. The third-order valence-corrected chi connectivity index (χ3v) is 4.86. The van der Waals surface area contributed by atoms with Crippen molar-refractivity contribution in [2.24, 2.45) is 0 Å². The smallest absolute Gasteiger partial charge is 0.108 e. The normalized spacial score (nSPS) is 18.1. The van der Waals surface area contributed by atoms with E-state index < -0.39 is 0 Å². The molecular formula is C16H23N3O2S. The molecule has 1 aliphatic heterocycles. The van der Waals surface area contributed by atoms with E-state index in [1.165, 1.54) is 4.70 Å². The van der Waals surface area contributed by atoms with E-state index in [0.717, 1.165) is 43.4 Å². The summed E-state index contributed by atoms with van der Waals surface area (Å²) in [5.41, 5.74) is 1.06. The predicted molar refractivity (Wildman–Crippen MR) is 89.2 cm³/mol. The predicted octanol–water partition coefficient (Wildman–Crippen LogP) is 1.42. The van der Waals surface area contributed by atoms with Gasteiger partial charge in [-0.3, -0.25) is 9.80 Å². The van der Waals surface area contributed by atoms with E-state index in [1.807, 2.05) is 25.2 Å². The number of likely N-dealkylation sites (N-methyl/N-ethyl adjacent to an activating group) is 1. The number of aliphatic hydroxyl groups excluding tert-OH is 1. The Kier molecular flexibility index (Phi) is 5.38. The number of aromatic nitrogens is 1. The van der Waals surface area contributed by atoms with Crippen molar-refractivity contribution in [1.29, 1.82) is 0 Å². The van der Waals surface area contributed by atoms with Crippen LogP contribution in [0.1, 0.15) is 5.01 Å². The zero-order chi connectivity index (χ0) is 15.4. The van der Waals surface area contributed by atoms with Crippen LogP contribution in [0.15, 0.2) is 24.3 Å². The van der Waals surface area contributed by atoms with Crippen molar-refractivity contribution in [3.8, 4) is 0 Å².